The van der Waals surface area contributed by atoms with Gasteiger partial charge in [0.25, 0.3) is 0 Å². The molecule has 0 saturated carbocycles. The van der Waals surface area contributed by atoms with Gasteiger partial charge in [0, 0.05) is 53.2 Å². The molecule has 0 N–H and O–H groups in total. The molecule has 0 spiro atoms. The predicted octanol–water partition coefficient (Wildman–Crippen LogP) is 14.1. The lowest BCUT2D eigenvalue weighted by atomic mass is 9.95. The first-order valence-corrected chi connectivity index (χ1v) is 19.5. The number of furan rings is 1. The minimum Gasteiger partial charge on any atom is -0.455 e. The first-order valence-electron chi connectivity index (χ1n) is 18.7. The van der Waals surface area contributed by atoms with Gasteiger partial charge < -0.3 is 4.42 Å². The van der Waals surface area contributed by atoms with Crippen molar-refractivity contribution in [1.82, 2.24) is 15.0 Å². The quantitative estimate of drug-likeness (QED) is 0.171. The van der Waals surface area contributed by atoms with Crippen molar-refractivity contribution < 1.29 is 4.42 Å². The number of thiophene rings is 1. The molecule has 0 atom stereocenters. The van der Waals surface area contributed by atoms with E-state index >= 15 is 0 Å². The molecule has 0 fully saturated rings. The first kappa shape index (κ1) is 32.2. The number of aromatic nitrogens is 3. The molecule has 0 aliphatic rings. The van der Waals surface area contributed by atoms with Gasteiger partial charge in [0.15, 0.2) is 17.5 Å². The second-order valence-electron chi connectivity index (χ2n) is 13.9. The van der Waals surface area contributed by atoms with Gasteiger partial charge in [-0.3, -0.25) is 0 Å². The zero-order valence-corrected chi connectivity index (χ0v) is 30.9. The van der Waals surface area contributed by atoms with Crippen LogP contribution in [0.2, 0.25) is 0 Å². The molecule has 11 aromatic rings. The maximum Gasteiger partial charge on any atom is 0.164 e. The third-order valence-corrected chi connectivity index (χ3v) is 11.8. The summed E-state index contributed by atoms with van der Waals surface area (Å²) in [5, 5.41) is 4.78. The van der Waals surface area contributed by atoms with Crippen LogP contribution in [-0.2, 0) is 0 Å². The van der Waals surface area contributed by atoms with Gasteiger partial charge in [0.05, 0.1) is 0 Å². The Kier molecular flexibility index (Phi) is 7.64. The predicted molar refractivity (Wildman–Crippen MR) is 233 cm³/mol. The number of rotatable bonds is 6. The molecular weight excluding hydrogens is 703 g/mol. The molecule has 0 bridgehead atoms. The third-order valence-electron chi connectivity index (χ3n) is 10.6. The molecule has 0 amide bonds. The highest BCUT2D eigenvalue weighted by Crippen LogP contribution is 2.43. The second-order valence-corrected chi connectivity index (χ2v) is 15.0. The van der Waals surface area contributed by atoms with E-state index in [2.05, 4.69) is 127 Å². The highest BCUT2D eigenvalue weighted by molar-refractivity contribution is 7.26. The number of benzene rings is 8. The van der Waals surface area contributed by atoms with E-state index in [9.17, 15) is 0 Å². The van der Waals surface area contributed by atoms with Crippen molar-refractivity contribution in [2.45, 2.75) is 0 Å². The molecule has 11 rings (SSSR count). The van der Waals surface area contributed by atoms with Crippen molar-refractivity contribution in [3.63, 3.8) is 0 Å². The van der Waals surface area contributed by atoms with Crippen LogP contribution in [-0.4, -0.2) is 15.0 Å². The summed E-state index contributed by atoms with van der Waals surface area (Å²) in [5.41, 5.74) is 11.3. The van der Waals surface area contributed by atoms with Crippen molar-refractivity contribution in [3.05, 3.63) is 188 Å². The van der Waals surface area contributed by atoms with Crippen molar-refractivity contribution in [2.75, 3.05) is 0 Å². The Morgan fingerprint density at radius 3 is 1.61 bits per heavy atom. The standard InChI is InChI=1S/C51H31N3OS/c1-3-13-34(14-4-1)49-52-50(35-15-5-2-6-16-35)54-51(53-49)37-18-9-17-36(31-37)38-20-12-25-44-46(38)43-24-10-21-39(47(43)55-44)32-27-29-33(30-28-32)40-22-11-23-42-41-19-7-8-26-45(41)56-48(40)42/h1-31H. The third kappa shape index (κ3) is 5.48. The highest BCUT2D eigenvalue weighted by Gasteiger charge is 2.18. The Morgan fingerprint density at radius 2 is 0.875 bits per heavy atom. The monoisotopic (exact) mass is 733 g/mol. The van der Waals surface area contributed by atoms with Crippen LogP contribution in [0.3, 0.4) is 0 Å². The molecular formula is C51H31N3OS. The maximum absolute atomic E-state index is 6.72. The van der Waals surface area contributed by atoms with E-state index in [0.717, 1.165) is 60.9 Å². The summed E-state index contributed by atoms with van der Waals surface area (Å²) in [6.07, 6.45) is 0. The molecule has 0 radical (unpaired) electrons. The molecule has 0 unspecified atom stereocenters. The van der Waals surface area contributed by atoms with Crippen LogP contribution in [0.5, 0.6) is 0 Å². The number of hydrogen-bond donors (Lipinski definition) is 0. The van der Waals surface area contributed by atoms with Gasteiger partial charge in [-0.1, -0.05) is 170 Å². The Hall–Kier alpha value is -7.21. The Labute approximate surface area is 327 Å². The lowest BCUT2D eigenvalue weighted by molar-refractivity contribution is 0.670. The van der Waals surface area contributed by atoms with Crippen LogP contribution in [0.15, 0.2) is 192 Å². The van der Waals surface area contributed by atoms with Crippen molar-refractivity contribution >= 4 is 53.4 Å². The molecule has 0 saturated heterocycles. The van der Waals surface area contributed by atoms with E-state index in [1.165, 1.54) is 31.3 Å². The van der Waals surface area contributed by atoms with Crippen molar-refractivity contribution in [2.24, 2.45) is 0 Å². The van der Waals surface area contributed by atoms with Gasteiger partial charge in [-0.05, 0) is 46.0 Å². The van der Waals surface area contributed by atoms with Gasteiger partial charge in [-0.15, -0.1) is 11.3 Å². The zero-order chi connectivity index (χ0) is 37.0. The summed E-state index contributed by atoms with van der Waals surface area (Å²) in [4.78, 5) is 14.9. The maximum atomic E-state index is 6.72. The van der Waals surface area contributed by atoms with E-state index in [1.54, 1.807) is 0 Å². The summed E-state index contributed by atoms with van der Waals surface area (Å²) in [6, 6.07) is 65.6. The largest absolute Gasteiger partial charge is 0.455 e. The van der Waals surface area contributed by atoms with Gasteiger partial charge in [0.2, 0.25) is 0 Å². The van der Waals surface area contributed by atoms with Crippen LogP contribution in [0.25, 0.3) is 110 Å². The topological polar surface area (TPSA) is 51.8 Å². The molecule has 3 aromatic heterocycles. The molecule has 0 aliphatic heterocycles. The molecule has 3 heterocycles. The van der Waals surface area contributed by atoms with Gasteiger partial charge >= 0.3 is 0 Å². The number of para-hydroxylation sites is 1. The number of nitrogens with zero attached hydrogens (tertiary/aromatic N) is 3. The Balaban J connectivity index is 0.995. The minimum atomic E-state index is 0.623. The van der Waals surface area contributed by atoms with E-state index in [1.807, 2.05) is 72.0 Å². The van der Waals surface area contributed by atoms with Gasteiger partial charge in [0.1, 0.15) is 11.2 Å². The van der Waals surface area contributed by atoms with E-state index in [0.29, 0.717) is 17.5 Å². The number of hydrogen-bond acceptors (Lipinski definition) is 5. The highest BCUT2D eigenvalue weighted by atomic mass is 32.1. The molecule has 0 aliphatic carbocycles. The fraction of sp³-hybridized carbons (Fsp3) is 0. The SMILES string of the molecule is c1ccc(-c2nc(-c3ccccc3)nc(-c3cccc(-c4cccc5oc6c(-c7ccc(-c8cccc9c8sc8ccccc89)cc7)cccc6c45)c3)n2)cc1. The zero-order valence-electron chi connectivity index (χ0n) is 30.1. The first-order chi connectivity index (χ1) is 27.7. The molecule has 8 aromatic carbocycles. The summed E-state index contributed by atoms with van der Waals surface area (Å²) in [5.74, 6) is 1.90. The van der Waals surface area contributed by atoms with E-state index in [4.69, 9.17) is 19.4 Å². The van der Waals surface area contributed by atoms with Crippen molar-refractivity contribution in [1.29, 1.82) is 0 Å². The minimum absolute atomic E-state index is 0.623. The average Bonchev–Trinajstić information content (AvgIpc) is 3.86. The van der Waals surface area contributed by atoms with Crippen LogP contribution in [0, 0.1) is 0 Å². The molecule has 262 valence electrons. The number of fused-ring (bicyclic) bond motifs is 6. The van der Waals surface area contributed by atoms with Gasteiger partial charge in [-0.2, -0.15) is 0 Å². The fourth-order valence-corrected chi connectivity index (χ4v) is 9.12. The average molecular weight is 734 g/mol. The molecule has 5 heteroatoms. The Morgan fingerprint density at radius 1 is 0.357 bits per heavy atom. The summed E-state index contributed by atoms with van der Waals surface area (Å²) in [7, 11) is 0. The second kappa shape index (κ2) is 13.3. The summed E-state index contributed by atoms with van der Waals surface area (Å²) in [6.45, 7) is 0. The normalized spacial score (nSPS) is 11.6. The summed E-state index contributed by atoms with van der Waals surface area (Å²) >= 11 is 1.86. The van der Waals surface area contributed by atoms with Crippen molar-refractivity contribution in [3.8, 4) is 67.5 Å². The Bertz CT molecular complexity index is 3180. The van der Waals surface area contributed by atoms with Crippen LogP contribution < -0.4 is 0 Å². The smallest absolute Gasteiger partial charge is 0.164 e. The van der Waals surface area contributed by atoms with Crippen LogP contribution >= 0.6 is 11.3 Å². The van der Waals surface area contributed by atoms with Crippen LogP contribution in [0.1, 0.15) is 0 Å². The fourth-order valence-electron chi connectivity index (χ4n) is 7.88. The van der Waals surface area contributed by atoms with E-state index in [-0.39, 0.29) is 0 Å². The van der Waals surface area contributed by atoms with Gasteiger partial charge in [-0.25, -0.2) is 15.0 Å². The molecule has 4 nitrogen and oxygen atoms in total. The van der Waals surface area contributed by atoms with Crippen LogP contribution in [0.4, 0.5) is 0 Å². The summed E-state index contributed by atoms with van der Waals surface area (Å²) < 4.78 is 9.35. The lowest BCUT2D eigenvalue weighted by Gasteiger charge is -2.10. The van der Waals surface area contributed by atoms with E-state index < -0.39 is 0 Å². The lowest BCUT2D eigenvalue weighted by Crippen LogP contribution is -2.00. The molecule has 56 heavy (non-hydrogen) atoms.